The summed E-state index contributed by atoms with van der Waals surface area (Å²) in [6.07, 6.45) is -0.915. The van der Waals surface area contributed by atoms with E-state index in [-0.39, 0.29) is 24.5 Å². The zero-order valence-electron chi connectivity index (χ0n) is 18.5. The van der Waals surface area contributed by atoms with Crippen molar-refractivity contribution in [3.05, 3.63) is 95.6 Å². The van der Waals surface area contributed by atoms with Crippen LogP contribution in [0.1, 0.15) is 42.6 Å². The van der Waals surface area contributed by atoms with Crippen molar-refractivity contribution in [1.29, 1.82) is 0 Å². The minimum Gasteiger partial charge on any atom is -0.506 e. The lowest BCUT2D eigenvalue weighted by Gasteiger charge is -2.27. The first-order valence-electron chi connectivity index (χ1n) is 10.8. The van der Waals surface area contributed by atoms with Crippen molar-refractivity contribution >= 4 is 17.7 Å². The fraction of sp³-hybridized carbons (Fsp3) is 0.231. The van der Waals surface area contributed by atoms with Crippen molar-refractivity contribution in [2.45, 2.75) is 38.9 Å². The number of hydrogen-bond acceptors (Lipinski definition) is 5. The van der Waals surface area contributed by atoms with Gasteiger partial charge in [-0.3, -0.25) is 4.79 Å². The maximum atomic E-state index is 13.2. The molecule has 7 heteroatoms. The number of phenols is 1. The van der Waals surface area contributed by atoms with Crippen LogP contribution in [0, 0.1) is 0 Å². The van der Waals surface area contributed by atoms with Gasteiger partial charge in [0.15, 0.2) is 0 Å². The summed E-state index contributed by atoms with van der Waals surface area (Å²) in [5, 5.41) is 22.0. The molecule has 0 unspecified atom stereocenters. The number of nitrogens with zero attached hydrogens (tertiary/aromatic N) is 1. The maximum Gasteiger partial charge on any atom is 0.426 e. The van der Waals surface area contributed by atoms with E-state index >= 15 is 0 Å². The highest BCUT2D eigenvalue weighted by Gasteiger charge is 2.26. The second kappa shape index (κ2) is 11.7. The number of aromatic hydroxyl groups is 1. The molecule has 3 aromatic carbocycles. The monoisotopic (exact) mass is 448 g/mol. The van der Waals surface area contributed by atoms with Crippen LogP contribution in [0.2, 0.25) is 0 Å². The van der Waals surface area contributed by atoms with Crippen LogP contribution in [0.4, 0.5) is 10.5 Å². The number of aliphatic hydroxyl groups excluding tert-OH is 1. The van der Waals surface area contributed by atoms with Gasteiger partial charge in [-0.05, 0) is 30.0 Å². The summed E-state index contributed by atoms with van der Waals surface area (Å²) in [6.45, 7) is 1.80. The Morgan fingerprint density at radius 3 is 2.21 bits per heavy atom. The van der Waals surface area contributed by atoms with Gasteiger partial charge in [-0.25, -0.2) is 15.2 Å². The Morgan fingerprint density at radius 2 is 1.58 bits per heavy atom. The summed E-state index contributed by atoms with van der Waals surface area (Å²) in [7, 11) is 0. The average molecular weight is 449 g/mol. The highest BCUT2D eigenvalue weighted by atomic mass is 16.6. The molecule has 3 rings (SSSR count). The van der Waals surface area contributed by atoms with Crippen molar-refractivity contribution < 1.29 is 24.5 Å². The van der Waals surface area contributed by atoms with E-state index < -0.39 is 18.1 Å². The molecular weight excluding hydrogens is 420 g/mol. The predicted molar refractivity (Wildman–Crippen MR) is 125 cm³/mol. The number of carbonyl (C=O) groups excluding carboxylic acids is 2. The molecule has 3 N–H and O–H groups in total. The van der Waals surface area contributed by atoms with Gasteiger partial charge in [-0.2, -0.15) is 0 Å². The van der Waals surface area contributed by atoms with E-state index in [0.29, 0.717) is 18.4 Å². The summed E-state index contributed by atoms with van der Waals surface area (Å²) in [4.78, 5) is 25.8. The first-order valence-corrected chi connectivity index (χ1v) is 10.8. The molecular formula is C26H28N2O5. The smallest absolute Gasteiger partial charge is 0.426 e. The van der Waals surface area contributed by atoms with E-state index in [0.717, 1.165) is 16.1 Å². The Morgan fingerprint density at radius 1 is 0.939 bits per heavy atom. The number of nitrogens with one attached hydrogen (secondary N) is 1. The molecule has 0 bridgehead atoms. The number of anilines is 1. The van der Waals surface area contributed by atoms with Gasteiger partial charge in [0.2, 0.25) is 5.91 Å². The van der Waals surface area contributed by atoms with Gasteiger partial charge < -0.3 is 14.9 Å². The molecule has 0 aliphatic carbocycles. The molecule has 33 heavy (non-hydrogen) atoms. The number of rotatable bonds is 8. The third-order valence-corrected chi connectivity index (χ3v) is 5.15. The van der Waals surface area contributed by atoms with Gasteiger partial charge in [0.25, 0.3) is 0 Å². The molecule has 2 amide bonds. The number of para-hydroxylation sites is 1. The van der Waals surface area contributed by atoms with Gasteiger partial charge in [0.05, 0.1) is 6.10 Å². The van der Waals surface area contributed by atoms with Gasteiger partial charge in [0.1, 0.15) is 18.0 Å². The number of carbonyl (C=O) groups is 2. The van der Waals surface area contributed by atoms with Crippen LogP contribution in [-0.2, 0) is 22.6 Å². The highest BCUT2D eigenvalue weighted by molar-refractivity contribution is 5.97. The molecule has 0 spiro atoms. The Hall–Kier alpha value is -3.84. The molecule has 0 fully saturated rings. The van der Waals surface area contributed by atoms with Gasteiger partial charge in [-0.1, -0.05) is 79.7 Å². The van der Waals surface area contributed by atoms with Crippen LogP contribution in [-0.4, -0.2) is 22.2 Å². The van der Waals surface area contributed by atoms with Crippen molar-refractivity contribution in [3.8, 4) is 5.75 Å². The summed E-state index contributed by atoms with van der Waals surface area (Å²) in [5.41, 5.74) is 4.56. The Balaban J connectivity index is 1.83. The third kappa shape index (κ3) is 6.57. The van der Waals surface area contributed by atoms with E-state index in [2.05, 4.69) is 5.43 Å². The van der Waals surface area contributed by atoms with Gasteiger partial charge in [0, 0.05) is 12.0 Å². The lowest BCUT2D eigenvalue weighted by molar-refractivity contribution is -0.119. The minimum absolute atomic E-state index is 0.0178. The number of aryl methyl sites for hydroxylation is 1. The molecule has 1 atom stereocenters. The van der Waals surface area contributed by atoms with Crippen LogP contribution in [0.15, 0.2) is 78.9 Å². The molecule has 0 radical (unpaired) electrons. The van der Waals surface area contributed by atoms with E-state index in [4.69, 9.17) is 4.74 Å². The number of hydrazine groups is 1. The first kappa shape index (κ1) is 23.8. The summed E-state index contributed by atoms with van der Waals surface area (Å²) in [5.74, 6) is -0.696. The average Bonchev–Trinajstić information content (AvgIpc) is 2.85. The molecule has 0 aromatic heterocycles. The summed E-state index contributed by atoms with van der Waals surface area (Å²) < 4.78 is 5.27. The third-order valence-electron chi connectivity index (χ3n) is 5.15. The number of aliphatic hydroxyl groups is 1. The standard InChI is InChI=1S/C26H28N2O5/c1-2-22(29)21-14-9-15-23(30)25(21)28(24(31)17-16-19-10-5-3-6-11-19)27-26(32)33-18-20-12-7-4-8-13-20/h3-15,22,29-30H,2,16-18H2,1H3,(H,27,32)/t22-/m0/s1. The first-order chi connectivity index (χ1) is 16.0. The highest BCUT2D eigenvalue weighted by Crippen LogP contribution is 2.35. The normalized spacial score (nSPS) is 11.5. The SMILES string of the molecule is CC[C@H](O)c1cccc(O)c1N(NC(=O)OCc1ccccc1)C(=O)CCc1ccccc1. The van der Waals surface area contributed by atoms with Gasteiger partial charge in [-0.15, -0.1) is 0 Å². The van der Waals surface area contributed by atoms with Gasteiger partial charge >= 0.3 is 6.09 Å². The molecule has 0 heterocycles. The van der Waals surface area contributed by atoms with Crippen LogP contribution < -0.4 is 10.4 Å². The van der Waals surface area contributed by atoms with Crippen molar-refractivity contribution in [1.82, 2.24) is 5.43 Å². The number of benzene rings is 3. The number of amides is 2. The van der Waals surface area contributed by atoms with Crippen LogP contribution >= 0.6 is 0 Å². The number of phenolic OH excluding ortho intramolecular Hbond substituents is 1. The van der Waals surface area contributed by atoms with E-state index in [1.807, 2.05) is 60.7 Å². The zero-order chi connectivity index (χ0) is 23.6. The molecule has 0 aliphatic heterocycles. The molecule has 0 aliphatic rings. The van der Waals surface area contributed by atoms with Crippen molar-refractivity contribution in [3.63, 3.8) is 0 Å². The van der Waals surface area contributed by atoms with E-state index in [1.54, 1.807) is 19.1 Å². The minimum atomic E-state index is -0.932. The van der Waals surface area contributed by atoms with E-state index in [9.17, 15) is 19.8 Å². The van der Waals surface area contributed by atoms with Crippen LogP contribution in [0.3, 0.4) is 0 Å². The molecule has 0 saturated heterocycles. The molecule has 172 valence electrons. The predicted octanol–water partition coefficient (Wildman–Crippen LogP) is 4.64. The topological polar surface area (TPSA) is 99.1 Å². The molecule has 0 saturated carbocycles. The lowest BCUT2D eigenvalue weighted by Crippen LogP contribution is -2.47. The van der Waals surface area contributed by atoms with Crippen molar-refractivity contribution in [2.24, 2.45) is 0 Å². The number of hydrogen-bond donors (Lipinski definition) is 3. The maximum absolute atomic E-state index is 13.2. The second-order valence-electron chi connectivity index (χ2n) is 7.53. The molecule has 7 nitrogen and oxygen atoms in total. The van der Waals surface area contributed by atoms with Crippen LogP contribution in [0.25, 0.3) is 0 Å². The number of ether oxygens (including phenoxy) is 1. The summed E-state index contributed by atoms with van der Waals surface area (Å²) in [6, 6.07) is 23.2. The molecule has 3 aromatic rings. The fourth-order valence-electron chi connectivity index (χ4n) is 3.38. The van der Waals surface area contributed by atoms with Crippen molar-refractivity contribution in [2.75, 3.05) is 5.01 Å². The fourth-order valence-corrected chi connectivity index (χ4v) is 3.38. The van der Waals surface area contributed by atoms with E-state index in [1.165, 1.54) is 6.07 Å². The summed E-state index contributed by atoms with van der Waals surface area (Å²) >= 11 is 0. The Kier molecular flexibility index (Phi) is 8.43. The quantitative estimate of drug-likeness (QED) is 0.436. The lowest BCUT2D eigenvalue weighted by atomic mass is 10.0. The largest absolute Gasteiger partial charge is 0.506 e. The Labute approximate surface area is 193 Å². The Bertz CT molecular complexity index is 1060. The second-order valence-corrected chi connectivity index (χ2v) is 7.53. The zero-order valence-corrected chi connectivity index (χ0v) is 18.5. The van der Waals surface area contributed by atoms with Crippen LogP contribution in [0.5, 0.6) is 5.75 Å².